The molecule has 37 heavy (non-hydrogen) atoms. The molecule has 0 aromatic heterocycles. The van der Waals surface area contributed by atoms with Crippen molar-refractivity contribution < 1.29 is 19.7 Å². The highest BCUT2D eigenvalue weighted by Crippen LogP contribution is 2.44. The number of aliphatic hydroxyl groups excluding tert-OH is 1. The molecule has 0 bridgehead atoms. The van der Waals surface area contributed by atoms with Crippen molar-refractivity contribution in [1.29, 1.82) is 5.26 Å². The third kappa shape index (κ3) is 6.71. The normalized spacial score (nSPS) is 30.6. The number of carboxylic acid groups (broad SMARTS) is 1. The molecule has 0 heterocycles. The number of hydrogen-bond donors (Lipinski definition) is 3. The van der Waals surface area contributed by atoms with Gasteiger partial charge in [-0.05, 0) is 74.2 Å². The van der Waals surface area contributed by atoms with E-state index in [0.29, 0.717) is 6.54 Å². The molecule has 0 radical (unpaired) electrons. The van der Waals surface area contributed by atoms with Crippen LogP contribution in [0.2, 0.25) is 0 Å². The number of rotatable bonds is 10. The van der Waals surface area contributed by atoms with Crippen LogP contribution in [0.3, 0.4) is 0 Å². The Kier molecular flexibility index (Phi) is 8.90. The summed E-state index contributed by atoms with van der Waals surface area (Å²) in [6.45, 7) is 4.67. The maximum absolute atomic E-state index is 12.1. The van der Waals surface area contributed by atoms with Crippen molar-refractivity contribution in [1.82, 2.24) is 5.32 Å². The summed E-state index contributed by atoms with van der Waals surface area (Å²) in [5, 5.41) is 33.9. The first kappa shape index (κ1) is 27.6. The lowest BCUT2D eigenvalue weighted by atomic mass is 9.66. The number of nitriles is 1. The first-order chi connectivity index (χ1) is 17.7. The van der Waals surface area contributed by atoms with E-state index in [4.69, 9.17) is 4.74 Å². The standard InChI is InChI=1S/C31H42N2O4/c1-30(2,18-22-12-13-24-10-6-7-11-25(24)16-22)33-19-27(34)20-37-28-17-26(23-8-4-3-5-9-23)14-15-31(28,21-32)29(35)36/h3-5,8-9,14-15,17,22,24-25,27-28,33-34H,6-7,10-13,16,18-20H2,1-2H3,(H,35,36)/t22?,24?,25?,27-,28?,31?/m1/s1. The Morgan fingerprint density at radius 1 is 1.19 bits per heavy atom. The number of nitrogens with one attached hydrogen (secondary N) is 1. The summed E-state index contributed by atoms with van der Waals surface area (Å²) in [5.74, 6) is 1.30. The summed E-state index contributed by atoms with van der Waals surface area (Å²) in [6, 6.07) is 11.5. The average Bonchev–Trinajstić information content (AvgIpc) is 2.90. The molecular formula is C31H42N2O4. The van der Waals surface area contributed by atoms with Gasteiger partial charge in [0.2, 0.25) is 5.41 Å². The van der Waals surface area contributed by atoms with Crippen molar-refractivity contribution in [3.05, 3.63) is 54.1 Å². The van der Waals surface area contributed by atoms with Crippen LogP contribution < -0.4 is 5.32 Å². The average molecular weight is 507 g/mol. The van der Waals surface area contributed by atoms with E-state index in [9.17, 15) is 20.3 Å². The lowest BCUT2D eigenvalue weighted by Crippen LogP contribution is -2.47. The molecular weight excluding hydrogens is 464 g/mol. The van der Waals surface area contributed by atoms with Crippen LogP contribution in [0.15, 0.2) is 48.6 Å². The van der Waals surface area contributed by atoms with Crippen molar-refractivity contribution in [2.75, 3.05) is 13.2 Å². The van der Waals surface area contributed by atoms with Gasteiger partial charge in [-0.3, -0.25) is 4.79 Å². The van der Waals surface area contributed by atoms with Crippen LogP contribution in [0.5, 0.6) is 0 Å². The largest absolute Gasteiger partial charge is 0.480 e. The number of hydrogen-bond acceptors (Lipinski definition) is 5. The number of aliphatic carboxylic acids is 1. The fourth-order valence-corrected chi connectivity index (χ4v) is 6.63. The molecule has 0 saturated heterocycles. The molecule has 0 aliphatic heterocycles. The molecule has 2 fully saturated rings. The maximum atomic E-state index is 12.1. The van der Waals surface area contributed by atoms with Gasteiger partial charge in [0.25, 0.3) is 0 Å². The Morgan fingerprint density at radius 2 is 1.92 bits per heavy atom. The molecule has 6 atom stereocenters. The second-order valence-corrected chi connectivity index (χ2v) is 12.0. The van der Waals surface area contributed by atoms with Crippen molar-refractivity contribution in [2.45, 2.75) is 83.0 Å². The molecule has 1 aromatic carbocycles. The Hall–Kier alpha value is -2.46. The molecule has 3 N–H and O–H groups in total. The molecule has 0 spiro atoms. The number of β-amino-alcohol motifs (C(OH)–C–C–N with tert-alkyl or cyclic N) is 1. The van der Waals surface area contributed by atoms with E-state index in [1.165, 1.54) is 51.0 Å². The van der Waals surface area contributed by atoms with Gasteiger partial charge in [0.15, 0.2) is 0 Å². The van der Waals surface area contributed by atoms with Gasteiger partial charge in [0.1, 0.15) is 6.10 Å². The predicted molar refractivity (Wildman–Crippen MR) is 144 cm³/mol. The minimum Gasteiger partial charge on any atom is -0.480 e. The van der Waals surface area contributed by atoms with E-state index in [1.54, 1.807) is 12.2 Å². The lowest BCUT2D eigenvalue weighted by Gasteiger charge is -2.42. The first-order valence-electron chi connectivity index (χ1n) is 13.9. The van der Waals surface area contributed by atoms with Gasteiger partial charge in [-0.1, -0.05) is 68.5 Å². The van der Waals surface area contributed by atoms with E-state index >= 15 is 0 Å². The zero-order valence-electron chi connectivity index (χ0n) is 22.2. The van der Waals surface area contributed by atoms with Gasteiger partial charge in [-0.25, -0.2) is 0 Å². The minimum atomic E-state index is -1.83. The van der Waals surface area contributed by atoms with Crippen LogP contribution in [0, 0.1) is 34.5 Å². The second kappa shape index (κ2) is 11.9. The third-order valence-electron chi connectivity index (χ3n) is 8.68. The molecule has 3 aliphatic rings. The Morgan fingerprint density at radius 3 is 2.62 bits per heavy atom. The predicted octanol–water partition coefficient (Wildman–Crippen LogP) is 5.35. The van der Waals surface area contributed by atoms with Crippen LogP contribution in [0.1, 0.15) is 70.8 Å². The van der Waals surface area contributed by atoms with Crippen molar-refractivity contribution in [3.8, 4) is 6.07 Å². The number of carboxylic acids is 1. The van der Waals surface area contributed by atoms with Gasteiger partial charge in [-0.15, -0.1) is 0 Å². The summed E-state index contributed by atoms with van der Waals surface area (Å²) < 4.78 is 5.92. The highest BCUT2D eigenvalue weighted by molar-refractivity contribution is 5.87. The number of ether oxygens (including phenoxy) is 1. The number of carbonyl (C=O) groups is 1. The summed E-state index contributed by atoms with van der Waals surface area (Å²) in [5.41, 5.74) is -0.240. The molecule has 2 saturated carbocycles. The summed E-state index contributed by atoms with van der Waals surface area (Å²) in [6.07, 6.45) is 13.6. The topological polar surface area (TPSA) is 103 Å². The van der Waals surface area contributed by atoms with Crippen LogP contribution in [0.4, 0.5) is 0 Å². The molecule has 6 nitrogen and oxygen atoms in total. The van der Waals surface area contributed by atoms with E-state index in [-0.39, 0.29) is 12.1 Å². The van der Waals surface area contributed by atoms with E-state index in [1.807, 2.05) is 36.4 Å². The van der Waals surface area contributed by atoms with Crippen LogP contribution >= 0.6 is 0 Å². The fraction of sp³-hybridized carbons (Fsp3) is 0.613. The van der Waals surface area contributed by atoms with Crippen LogP contribution in [0.25, 0.3) is 5.57 Å². The molecule has 3 aliphatic carbocycles. The summed E-state index contributed by atoms with van der Waals surface area (Å²) >= 11 is 0. The van der Waals surface area contributed by atoms with Crippen LogP contribution in [-0.4, -0.2) is 47.1 Å². The van der Waals surface area contributed by atoms with E-state index in [2.05, 4.69) is 19.2 Å². The highest BCUT2D eigenvalue weighted by atomic mass is 16.5. The third-order valence-corrected chi connectivity index (χ3v) is 8.68. The zero-order valence-corrected chi connectivity index (χ0v) is 22.2. The van der Waals surface area contributed by atoms with Gasteiger partial charge < -0.3 is 20.3 Å². The fourth-order valence-electron chi connectivity index (χ4n) is 6.63. The van der Waals surface area contributed by atoms with Crippen LogP contribution in [-0.2, 0) is 9.53 Å². The van der Waals surface area contributed by atoms with Crippen molar-refractivity contribution >= 4 is 11.5 Å². The van der Waals surface area contributed by atoms with Gasteiger partial charge >= 0.3 is 5.97 Å². The van der Waals surface area contributed by atoms with E-state index < -0.39 is 23.6 Å². The Labute approximate surface area is 221 Å². The Bertz CT molecular complexity index is 1030. The van der Waals surface area contributed by atoms with Crippen molar-refractivity contribution in [2.24, 2.45) is 23.2 Å². The first-order valence-corrected chi connectivity index (χ1v) is 13.9. The zero-order chi connectivity index (χ0) is 26.5. The molecule has 4 rings (SSSR count). The van der Waals surface area contributed by atoms with Gasteiger partial charge in [0, 0.05) is 12.1 Å². The van der Waals surface area contributed by atoms with Gasteiger partial charge in [0.05, 0.1) is 18.8 Å². The number of nitrogens with zero attached hydrogens (tertiary/aromatic N) is 1. The Balaban J connectivity index is 1.32. The number of fused-ring (bicyclic) bond motifs is 1. The lowest BCUT2D eigenvalue weighted by molar-refractivity contribution is -0.149. The quantitative estimate of drug-likeness (QED) is 0.396. The molecule has 0 amide bonds. The monoisotopic (exact) mass is 506 g/mol. The van der Waals surface area contributed by atoms with E-state index in [0.717, 1.165) is 35.3 Å². The molecule has 200 valence electrons. The highest BCUT2D eigenvalue weighted by Gasteiger charge is 2.46. The summed E-state index contributed by atoms with van der Waals surface area (Å²) in [4.78, 5) is 12.1. The minimum absolute atomic E-state index is 0.0654. The molecule has 6 heteroatoms. The maximum Gasteiger partial charge on any atom is 0.331 e. The molecule has 5 unspecified atom stereocenters. The number of allylic oxidation sites excluding steroid dienone is 2. The van der Waals surface area contributed by atoms with Gasteiger partial charge in [-0.2, -0.15) is 5.26 Å². The number of aliphatic hydroxyl groups is 1. The SMILES string of the molecule is CC(C)(CC1CCC2CCCCC2C1)NC[C@@H](O)COC1C=C(c2ccccc2)C=CC1(C#N)C(=O)O. The van der Waals surface area contributed by atoms with Crippen molar-refractivity contribution in [3.63, 3.8) is 0 Å². The smallest absolute Gasteiger partial charge is 0.331 e. The number of benzene rings is 1. The molecule has 1 aromatic rings. The second-order valence-electron chi connectivity index (χ2n) is 12.0. The summed E-state index contributed by atoms with van der Waals surface area (Å²) in [7, 11) is 0.